The molecule has 0 bridgehead atoms. The van der Waals surface area contributed by atoms with Gasteiger partial charge in [-0.15, -0.1) is 0 Å². The van der Waals surface area contributed by atoms with Crippen LogP contribution in [0.15, 0.2) is 115 Å². The van der Waals surface area contributed by atoms with Gasteiger partial charge in [-0.2, -0.15) is 0 Å². The Bertz CT molecular complexity index is 1520. The summed E-state index contributed by atoms with van der Waals surface area (Å²) in [6, 6.07) is 36.7. The molecule has 8 heteroatoms. The maximum Gasteiger partial charge on any atom is 0.331 e. The topological polar surface area (TPSA) is 82.1 Å². The molecule has 1 atom stereocenters. The Kier molecular flexibility index (Phi) is 12.5. The van der Waals surface area contributed by atoms with Gasteiger partial charge in [0.1, 0.15) is 5.60 Å². The minimum absolute atomic E-state index is 0.0453. The fourth-order valence-corrected chi connectivity index (χ4v) is 6.67. The molecule has 0 N–H and O–H groups in total. The first-order chi connectivity index (χ1) is 22.0. The Balaban J connectivity index is 1.56. The van der Waals surface area contributed by atoms with Gasteiger partial charge in [-0.1, -0.05) is 103 Å². The van der Waals surface area contributed by atoms with Crippen LogP contribution in [0, 0.1) is 5.92 Å². The van der Waals surface area contributed by atoms with Crippen LogP contribution in [0.25, 0.3) is 11.1 Å². The molecule has 1 amide bonds. The molecule has 0 saturated heterocycles. The molecule has 0 radical (unpaired) electrons. The molecule has 4 aromatic carbocycles. The fraction of sp³-hybridized carbons (Fsp3) is 0.316. The zero-order valence-electron chi connectivity index (χ0n) is 27.1. The maximum absolute atomic E-state index is 14.2. The number of nitrogens with zero attached hydrogens (tertiary/aromatic N) is 1. The quantitative estimate of drug-likeness (QED) is 0.0952. The molecule has 242 valence electrons. The summed E-state index contributed by atoms with van der Waals surface area (Å²) >= 11 is 0. The lowest BCUT2D eigenvalue weighted by atomic mass is 9.99. The lowest BCUT2D eigenvalue weighted by Gasteiger charge is -2.28. The van der Waals surface area contributed by atoms with Crippen LogP contribution >= 0.6 is 7.60 Å². The summed E-state index contributed by atoms with van der Waals surface area (Å²) in [6.45, 7) is 7.83. The number of rotatable bonds is 15. The molecule has 0 fully saturated rings. The standard InChI is InChI=1S/C38H44NO6P/c1-5-39(35-23-21-33(22-24-35)32-19-13-8-14-20-32)37(41)34(27-36(40)45-38(2,3)4)25-26-46(42,43-28-30-15-9-6-10-16-30)44-29-31-17-11-7-12-18-31/h6-24,34H,5,25-29H2,1-4H3. The molecule has 7 nitrogen and oxygen atoms in total. The number of anilines is 1. The molecule has 0 saturated carbocycles. The number of ether oxygens (including phenoxy) is 1. The van der Waals surface area contributed by atoms with E-state index in [9.17, 15) is 14.2 Å². The second kappa shape index (κ2) is 16.5. The largest absolute Gasteiger partial charge is 0.460 e. The molecule has 1 unspecified atom stereocenters. The summed E-state index contributed by atoms with van der Waals surface area (Å²) in [7, 11) is -3.70. The average Bonchev–Trinajstić information content (AvgIpc) is 3.06. The third-order valence-corrected chi connectivity index (χ3v) is 9.19. The van der Waals surface area contributed by atoms with E-state index in [1.165, 1.54) is 0 Å². The smallest absolute Gasteiger partial charge is 0.331 e. The maximum atomic E-state index is 14.2. The second-order valence-electron chi connectivity index (χ2n) is 12.1. The Morgan fingerprint density at radius 1 is 0.717 bits per heavy atom. The molecular formula is C38H44NO6P. The highest BCUT2D eigenvalue weighted by atomic mass is 31.2. The van der Waals surface area contributed by atoms with Crippen LogP contribution in [-0.4, -0.2) is 30.2 Å². The third kappa shape index (κ3) is 10.8. The normalized spacial score (nSPS) is 12.3. The first kappa shape index (κ1) is 34.8. The minimum Gasteiger partial charge on any atom is -0.460 e. The molecule has 4 aromatic rings. The highest BCUT2D eigenvalue weighted by molar-refractivity contribution is 7.53. The number of amides is 1. The van der Waals surface area contributed by atoms with Gasteiger partial charge in [0.15, 0.2) is 0 Å². The van der Waals surface area contributed by atoms with E-state index in [1.807, 2.05) is 122 Å². The molecule has 0 aliphatic carbocycles. The monoisotopic (exact) mass is 641 g/mol. The third-order valence-electron chi connectivity index (χ3n) is 7.34. The predicted octanol–water partition coefficient (Wildman–Crippen LogP) is 9.07. The highest BCUT2D eigenvalue weighted by Crippen LogP contribution is 2.51. The van der Waals surface area contributed by atoms with Gasteiger partial charge >= 0.3 is 13.6 Å². The average molecular weight is 642 g/mol. The van der Waals surface area contributed by atoms with Gasteiger partial charge in [-0.05, 0) is 68.5 Å². The molecule has 0 heterocycles. The van der Waals surface area contributed by atoms with E-state index in [2.05, 4.69) is 0 Å². The summed E-state index contributed by atoms with van der Waals surface area (Å²) < 4.78 is 31.7. The lowest BCUT2D eigenvalue weighted by Crippen LogP contribution is -2.38. The fourth-order valence-electron chi connectivity index (χ4n) is 5.02. The van der Waals surface area contributed by atoms with E-state index in [0.29, 0.717) is 12.2 Å². The van der Waals surface area contributed by atoms with E-state index in [4.69, 9.17) is 13.8 Å². The predicted molar refractivity (Wildman–Crippen MR) is 183 cm³/mol. The molecular weight excluding hydrogens is 597 g/mol. The van der Waals surface area contributed by atoms with Gasteiger partial charge in [-0.25, -0.2) is 0 Å². The van der Waals surface area contributed by atoms with Gasteiger partial charge in [0.2, 0.25) is 5.91 Å². The Morgan fingerprint density at radius 2 is 1.20 bits per heavy atom. The number of carbonyl (C=O) groups excluding carboxylic acids is 2. The number of hydrogen-bond acceptors (Lipinski definition) is 6. The summed E-state index contributed by atoms with van der Waals surface area (Å²) in [4.78, 5) is 28.9. The van der Waals surface area contributed by atoms with Crippen LogP contribution in [0.3, 0.4) is 0 Å². The number of hydrogen-bond donors (Lipinski definition) is 0. The van der Waals surface area contributed by atoms with E-state index >= 15 is 0 Å². The van der Waals surface area contributed by atoms with E-state index in [0.717, 1.165) is 22.3 Å². The van der Waals surface area contributed by atoms with Gasteiger partial charge in [0.25, 0.3) is 0 Å². The van der Waals surface area contributed by atoms with Crippen molar-refractivity contribution in [2.24, 2.45) is 5.92 Å². The van der Waals surface area contributed by atoms with E-state index in [1.54, 1.807) is 25.7 Å². The van der Waals surface area contributed by atoms with Crippen LogP contribution in [0.5, 0.6) is 0 Å². The molecule has 0 aliphatic heterocycles. The number of carbonyl (C=O) groups is 2. The van der Waals surface area contributed by atoms with Crippen molar-refractivity contribution in [2.75, 3.05) is 17.6 Å². The van der Waals surface area contributed by atoms with Crippen molar-refractivity contribution in [1.29, 1.82) is 0 Å². The van der Waals surface area contributed by atoms with Gasteiger partial charge in [0.05, 0.1) is 25.8 Å². The van der Waals surface area contributed by atoms with Gasteiger partial charge in [0, 0.05) is 18.2 Å². The summed E-state index contributed by atoms with van der Waals surface area (Å²) in [5.74, 6) is -1.55. The lowest BCUT2D eigenvalue weighted by molar-refractivity contribution is -0.157. The van der Waals surface area contributed by atoms with Crippen molar-refractivity contribution in [3.8, 4) is 11.1 Å². The van der Waals surface area contributed by atoms with E-state index in [-0.39, 0.29) is 38.1 Å². The first-order valence-corrected chi connectivity index (χ1v) is 17.4. The molecule has 46 heavy (non-hydrogen) atoms. The minimum atomic E-state index is -3.70. The molecule has 4 rings (SSSR count). The van der Waals surface area contributed by atoms with Crippen molar-refractivity contribution >= 4 is 25.2 Å². The van der Waals surface area contributed by atoms with Crippen molar-refractivity contribution in [3.63, 3.8) is 0 Å². The molecule has 0 spiro atoms. The van der Waals surface area contributed by atoms with E-state index < -0.39 is 25.1 Å². The van der Waals surface area contributed by atoms with Crippen molar-refractivity contribution in [2.45, 2.75) is 59.4 Å². The van der Waals surface area contributed by atoms with Crippen LogP contribution in [0.4, 0.5) is 5.69 Å². The highest BCUT2D eigenvalue weighted by Gasteiger charge is 2.33. The first-order valence-electron chi connectivity index (χ1n) is 15.7. The van der Waals surface area contributed by atoms with Crippen LogP contribution in [-0.2, 0) is 41.2 Å². The Morgan fingerprint density at radius 3 is 1.67 bits per heavy atom. The second-order valence-corrected chi connectivity index (χ2v) is 14.3. The van der Waals surface area contributed by atoms with Crippen molar-refractivity contribution < 1.29 is 27.9 Å². The Hall–Kier alpha value is -4.03. The van der Waals surface area contributed by atoms with Gasteiger partial charge in [-0.3, -0.25) is 14.2 Å². The van der Waals surface area contributed by atoms with Crippen molar-refractivity contribution in [3.05, 3.63) is 126 Å². The zero-order valence-corrected chi connectivity index (χ0v) is 28.0. The van der Waals surface area contributed by atoms with Crippen molar-refractivity contribution in [1.82, 2.24) is 0 Å². The SMILES string of the molecule is CCN(C(=O)C(CCP(=O)(OCc1ccccc1)OCc1ccccc1)CC(=O)OC(C)(C)C)c1ccc(-c2ccccc2)cc1. The van der Waals surface area contributed by atoms with Crippen LogP contribution in [0.2, 0.25) is 0 Å². The zero-order chi connectivity index (χ0) is 33.0. The molecule has 0 aliphatic rings. The summed E-state index contributed by atoms with van der Waals surface area (Å²) in [6.07, 6.45) is -0.0972. The Labute approximate surface area is 273 Å². The van der Waals surface area contributed by atoms with Crippen LogP contribution < -0.4 is 4.90 Å². The van der Waals surface area contributed by atoms with Gasteiger partial charge < -0.3 is 18.7 Å². The molecule has 0 aromatic heterocycles. The summed E-state index contributed by atoms with van der Waals surface area (Å²) in [5.41, 5.74) is 3.81. The van der Waals surface area contributed by atoms with Crippen LogP contribution in [0.1, 0.15) is 51.7 Å². The summed E-state index contributed by atoms with van der Waals surface area (Å²) in [5, 5.41) is 0. The number of benzene rings is 4. The number of esters is 1.